The van der Waals surface area contributed by atoms with Crippen LogP contribution in [0.2, 0.25) is 5.02 Å². The molecule has 3 rings (SSSR count). The van der Waals surface area contributed by atoms with Crippen LogP contribution in [0.15, 0.2) is 60.7 Å². The molecule has 0 unspecified atom stereocenters. The van der Waals surface area contributed by atoms with E-state index in [4.69, 9.17) is 30.5 Å². The van der Waals surface area contributed by atoms with E-state index in [9.17, 15) is 4.79 Å². The summed E-state index contributed by atoms with van der Waals surface area (Å²) in [6, 6.07) is 17.5. The molecule has 30 heavy (non-hydrogen) atoms. The minimum absolute atomic E-state index is 0.302. The van der Waals surface area contributed by atoms with Gasteiger partial charge in [-0.3, -0.25) is 4.79 Å². The van der Waals surface area contributed by atoms with E-state index in [2.05, 4.69) is 5.32 Å². The molecule has 0 aliphatic rings. The Morgan fingerprint density at radius 3 is 2.33 bits per heavy atom. The summed E-state index contributed by atoms with van der Waals surface area (Å²) in [4.78, 5) is 12.7. The minimum Gasteiger partial charge on any atom is -0.497 e. The number of rotatable bonds is 8. The van der Waals surface area contributed by atoms with Crippen molar-refractivity contribution in [2.24, 2.45) is 0 Å². The van der Waals surface area contributed by atoms with E-state index < -0.39 is 0 Å². The fraction of sp³-hybridized carbons (Fsp3) is 0.174. The van der Waals surface area contributed by atoms with Gasteiger partial charge in [0.05, 0.1) is 25.8 Å². The highest BCUT2D eigenvalue weighted by Crippen LogP contribution is 2.36. The van der Waals surface area contributed by atoms with Crippen LogP contribution < -0.4 is 24.3 Å². The van der Waals surface area contributed by atoms with Crippen molar-refractivity contribution < 1.29 is 23.7 Å². The summed E-state index contributed by atoms with van der Waals surface area (Å²) in [5.74, 6) is 2.49. The topological polar surface area (TPSA) is 66.0 Å². The maximum absolute atomic E-state index is 12.7. The second-order valence-corrected chi connectivity index (χ2v) is 6.59. The first-order chi connectivity index (χ1) is 14.5. The number of halogens is 1. The number of nitrogens with one attached hydrogen (secondary N) is 1. The fourth-order valence-corrected chi connectivity index (χ4v) is 3.06. The molecule has 0 bridgehead atoms. The van der Waals surface area contributed by atoms with Gasteiger partial charge >= 0.3 is 0 Å². The van der Waals surface area contributed by atoms with Gasteiger partial charge in [0.1, 0.15) is 17.2 Å². The summed E-state index contributed by atoms with van der Waals surface area (Å²) in [5, 5.41) is 3.13. The average molecular weight is 428 g/mol. The van der Waals surface area contributed by atoms with Crippen molar-refractivity contribution in [1.29, 1.82) is 0 Å². The molecule has 0 aliphatic heterocycles. The molecule has 0 fully saturated rings. The number of benzene rings is 3. The van der Waals surface area contributed by atoms with Crippen LogP contribution >= 0.6 is 11.6 Å². The van der Waals surface area contributed by atoms with Gasteiger partial charge in [-0.2, -0.15) is 0 Å². The molecule has 0 spiro atoms. The molecular weight excluding hydrogens is 406 g/mol. The Bertz CT molecular complexity index is 1020. The van der Waals surface area contributed by atoms with Crippen molar-refractivity contribution in [3.63, 3.8) is 0 Å². The van der Waals surface area contributed by atoms with E-state index in [-0.39, 0.29) is 5.91 Å². The summed E-state index contributed by atoms with van der Waals surface area (Å²) < 4.78 is 21.8. The quantitative estimate of drug-likeness (QED) is 0.492. The summed E-state index contributed by atoms with van der Waals surface area (Å²) in [7, 11) is 3.10. The highest BCUT2D eigenvalue weighted by Gasteiger charge is 2.16. The lowest BCUT2D eigenvalue weighted by Gasteiger charge is -2.13. The first-order valence-electron chi connectivity index (χ1n) is 9.27. The Morgan fingerprint density at radius 1 is 0.933 bits per heavy atom. The standard InChI is InChI=1S/C23H22ClNO5/c1-4-29-21-13-15(12-20(24)22(21)28-3)23(26)25-16-8-10-17(11-9-16)30-19-7-5-6-18(14-19)27-2/h5-14H,4H2,1-3H3,(H,25,26). The molecule has 7 heteroatoms. The number of carbonyl (C=O) groups is 1. The molecule has 0 saturated carbocycles. The SMILES string of the molecule is CCOc1cc(C(=O)Nc2ccc(Oc3cccc(OC)c3)cc2)cc(Cl)c1OC. The number of carbonyl (C=O) groups excluding carboxylic acids is 1. The van der Waals surface area contributed by atoms with Crippen LogP contribution in [0.1, 0.15) is 17.3 Å². The molecular formula is C23H22ClNO5. The van der Waals surface area contributed by atoms with Gasteiger partial charge in [0.15, 0.2) is 11.5 Å². The van der Waals surface area contributed by atoms with Crippen LogP contribution in [0.25, 0.3) is 0 Å². The minimum atomic E-state index is -0.318. The number of amides is 1. The largest absolute Gasteiger partial charge is 0.497 e. The van der Waals surface area contributed by atoms with Crippen molar-refractivity contribution in [3.8, 4) is 28.7 Å². The Morgan fingerprint density at radius 2 is 1.67 bits per heavy atom. The van der Waals surface area contributed by atoms with Gasteiger partial charge in [-0.1, -0.05) is 17.7 Å². The van der Waals surface area contributed by atoms with E-state index in [0.717, 1.165) is 0 Å². The number of ether oxygens (including phenoxy) is 4. The molecule has 0 heterocycles. The zero-order valence-electron chi connectivity index (χ0n) is 16.9. The van der Waals surface area contributed by atoms with Crippen LogP contribution in [0, 0.1) is 0 Å². The van der Waals surface area contributed by atoms with Crippen LogP contribution in [-0.2, 0) is 0 Å². The number of hydrogen-bond acceptors (Lipinski definition) is 5. The second kappa shape index (κ2) is 9.89. The average Bonchev–Trinajstić information content (AvgIpc) is 2.75. The van der Waals surface area contributed by atoms with Gasteiger partial charge in [-0.15, -0.1) is 0 Å². The van der Waals surface area contributed by atoms with Gasteiger partial charge in [-0.25, -0.2) is 0 Å². The fourth-order valence-electron chi connectivity index (χ4n) is 2.77. The summed E-state index contributed by atoms with van der Waals surface area (Å²) in [6.45, 7) is 2.27. The molecule has 0 aromatic heterocycles. The third kappa shape index (κ3) is 5.15. The summed E-state index contributed by atoms with van der Waals surface area (Å²) >= 11 is 6.23. The monoisotopic (exact) mass is 427 g/mol. The Labute approximate surface area is 180 Å². The number of methoxy groups -OCH3 is 2. The van der Waals surface area contributed by atoms with Crippen LogP contribution in [0.5, 0.6) is 28.7 Å². The normalized spacial score (nSPS) is 10.3. The van der Waals surface area contributed by atoms with Crippen LogP contribution in [-0.4, -0.2) is 26.7 Å². The number of anilines is 1. The van der Waals surface area contributed by atoms with Crippen LogP contribution in [0.4, 0.5) is 5.69 Å². The van der Waals surface area contributed by atoms with Gasteiger partial charge < -0.3 is 24.3 Å². The lowest BCUT2D eigenvalue weighted by molar-refractivity contribution is 0.102. The Balaban J connectivity index is 1.71. The van der Waals surface area contributed by atoms with Gasteiger partial charge in [0.25, 0.3) is 5.91 Å². The third-order valence-corrected chi connectivity index (χ3v) is 4.45. The first-order valence-corrected chi connectivity index (χ1v) is 9.65. The molecule has 3 aromatic rings. The van der Waals surface area contributed by atoms with Gasteiger partial charge in [0.2, 0.25) is 0 Å². The zero-order valence-corrected chi connectivity index (χ0v) is 17.7. The Hall–Kier alpha value is -3.38. The van der Waals surface area contributed by atoms with Gasteiger partial charge in [0, 0.05) is 17.3 Å². The molecule has 6 nitrogen and oxygen atoms in total. The van der Waals surface area contributed by atoms with Gasteiger partial charge in [-0.05, 0) is 55.5 Å². The molecule has 3 aromatic carbocycles. The van der Waals surface area contributed by atoms with Crippen molar-refractivity contribution in [2.45, 2.75) is 6.92 Å². The molecule has 156 valence electrons. The predicted molar refractivity (Wildman–Crippen MR) is 117 cm³/mol. The highest BCUT2D eigenvalue weighted by molar-refractivity contribution is 6.32. The molecule has 0 atom stereocenters. The smallest absolute Gasteiger partial charge is 0.255 e. The maximum Gasteiger partial charge on any atom is 0.255 e. The van der Waals surface area contributed by atoms with Crippen LogP contribution in [0.3, 0.4) is 0 Å². The van der Waals surface area contributed by atoms with Crippen molar-refractivity contribution >= 4 is 23.2 Å². The lowest BCUT2D eigenvalue weighted by Crippen LogP contribution is -2.12. The zero-order chi connectivity index (χ0) is 21.5. The van der Waals surface area contributed by atoms with E-state index in [1.807, 2.05) is 25.1 Å². The molecule has 0 radical (unpaired) electrons. The molecule has 1 N–H and O–H groups in total. The second-order valence-electron chi connectivity index (χ2n) is 6.18. The maximum atomic E-state index is 12.7. The van der Waals surface area contributed by atoms with E-state index in [1.54, 1.807) is 49.6 Å². The first kappa shape index (κ1) is 21.3. The Kier molecular flexibility index (Phi) is 7.03. The lowest BCUT2D eigenvalue weighted by atomic mass is 10.1. The molecule has 0 aliphatic carbocycles. The summed E-state index contributed by atoms with van der Waals surface area (Å²) in [5.41, 5.74) is 0.976. The summed E-state index contributed by atoms with van der Waals surface area (Å²) in [6.07, 6.45) is 0. The van der Waals surface area contributed by atoms with Crippen molar-refractivity contribution in [2.75, 3.05) is 26.1 Å². The predicted octanol–water partition coefficient (Wildman–Crippen LogP) is 5.80. The molecule has 1 amide bonds. The number of hydrogen-bond donors (Lipinski definition) is 1. The highest BCUT2D eigenvalue weighted by atomic mass is 35.5. The van der Waals surface area contributed by atoms with E-state index in [0.29, 0.717) is 51.6 Å². The van der Waals surface area contributed by atoms with E-state index in [1.165, 1.54) is 7.11 Å². The molecule has 0 saturated heterocycles. The van der Waals surface area contributed by atoms with Crippen molar-refractivity contribution in [3.05, 3.63) is 71.2 Å². The van der Waals surface area contributed by atoms with E-state index >= 15 is 0 Å². The van der Waals surface area contributed by atoms with Crippen molar-refractivity contribution in [1.82, 2.24) is 0 Å². The third-order valence-electron chi connectivity index (χ3n) is 4.16.